The number of benzene rings is 2. The van der Waals surface area contributed by atoms with Crippen LogP contribution < -0.4 is 0 Å². The molecular formula is C23H28N2O3. The summed E-state index contributed by atoms with van der Waals surface area (Å²) in [4.78, 5) is 4.55. The van der Waals surface area contributed by atoms with E-state index in [1.54, 1.807) is 7.11 Å². The molecule has 0 radical (unpaired) electrons. The van der Waals surface area contributed by atoms with Crippen LogP contribution in [-0.4, -0.2) is 23.9 Å². The average molecular weight is 380 g/mol. The number of hydrogen-bond donors (Lipinski definition) is 0. The molecule has 1 heterocycles. The molecule has 0 saturated carbocycles. The minimum Gasteiger partial charge on any atom is -0.349 e. The fourth-order valence-corrected chi connectivity index (χ4v) is 3.17. The fourth-order valence-electron chi connectivity index (χ4n) is 3.17. The number of hydrogen-bond acceptors (Lipinski definition) is 5. The smallest absolute Gasteiger partial charge is 0.258 e. The van der Waals surface area contributed by atoms with Gasteiger partial charge in [-0.25, -0.2) is 0 Å². The molecule has 148 valence electrons. The Morgan fingerprint density at radius 2 is 1.64 bits per heavy atom. The van der Waals surface area contributed by atoms with E-state index in [2.05, 4.69) is 36.1 Å². The topological polar surface area (TPSA) is 57.4 Å². The van der Waals surface area contributed by atoms with Crippen molar-refractivity contribution >= 4 is 0 Å². The zero-order valence-electron chi connectivity index (χ0n) is 17.2. The maximum Gasteiger partial charge on any atom is 0.258 e. The summed E-state index contributed by atoms with van der Waals surface area (Å²) in [7, 11) is 1.64. The summed E-state index contributed by atoms with van der Waals surface area (Å²) in [6, 6.07) is 16.1. The molecule has 2 aromatic carbocycles. The first-order valence-corrected chi connectivity index (χ1v) is 9.68. The Morgan fingerprint density at radius 3 is 2.21 bits per heavy atom. The number of nitrogens with zero attached hydrogens (tertiary/aromatic N) is 2. The first kappa shape index (κ1) is 20.2. The molecular weight excluding hydrogens is 352 g/mol. The van der Waals surface area contributed by atoms with Crippen LogP contribution in [0, 0.1) is 5.92 Å². The lowest BCUT2D eigenvalue weighted by atomic mass is 10.0. The molecule has 0 N–H and O–H groups in total. The van der Waals surface area contributed by atoms with Crippen LogP contribution in [-0.2, 0) is 21.7 Å². The van der Waals surface area contributed by atoms with Gasteiger partial charge in [0.2, 0.25) is 5.82 Å². The van der Waals surface area contributed by atoms with Gasteiger partial charge in [0.1, 0.15) is 0 Å². The highest BCUT2D eigenvalue weighted by molar-refractivity contribution is 5.60. The average Bonchev–Trinajstić information content (AvgIpc) is 3.18. The zero-order valence-corrected chi connectivity index (χ0v) is 17.2. The van der Waals surface area contributed by atoms with Crippen molar-refractivity contribution in [2.45, 2.75) is 39.9 Å². The highest BCUT2D eigenvalue weighted by Gasteiger charge is 2.26. The first-order chi connectivity index (χ1) is 13.4. The Bertz CT molecular complexity index is 885. The minimum absolute atomic E-state index is 0.520. The summed E-state index contributed by atoms with van der Waals surface area (Å²) in [6.07, 6.45) is 1.06. The van der Waals surface area contributed by atoms with Gasteiger partial charge in [0, 0.05) is 30.4 Å². The predicted octanol–water partition coefficient (Wildman–Crippen LogP) is 5.46. The van der Waals surface area contributed by atoms with E-state index in [-0.39, 0.29) is 0 Å². The van der Waals surface area contributed by atoms with Crippen molar-refractivity contribution in [2.75, 3.05) is 13.7 Å². The molecule has 0 amide bonds. The van der Waals surface area contributed by atoms with Crippen LogP contribution in [0.4, 0.5) is 0 Å². The number of rotatable bonds is 8. The normalized spacial score (nSPS) is 13.6. The van der Waals surface area contributed by atoms with Gasteiger partial charge < -0.3 is 14.0 Å². The van der Waals surface area contributed by atoms with Crippen molar-refractivity contribution < 1.29 is 14.0 Å². The summed E-state index contributed by atoms with van der Waals surface area (Å²) in [5.74, 6) is 0.939. The van der Waals surface area contributed by atoms with Crippen LogP contribution in [0.5, 0.6) is 0 Å². The van der Waals surface area contributed by atoms with Crippen LogP contribution in [0.3, 0.4) is 0 Å². The molecule has 1 atom stereocenters. The first-order valence-electron chi connectivity index (χ1n) is 9.68. The molecule has 3 rings (SSSR count). The Balaban J connectivity index is 1.78. The van der Waals surface area contributed by atoms with Gasteiger partial charge in [-0.3, -0.25) is 0 Å². The number of aromatic nitrogens is 2. The monoisotopic (exact) mass is 380 g/mol. The molecule has 0 aliphatic rings. The molecule has 5 nitrogen and oxygen atoms in total. The van der Waals surface area contributed by atoms with Gasteiger partial charge in [0.15, 0.2) is 5.79 Å². The second kappa shape index (κ2) is 8.67. The summed E-state index contributed by atoms with van der Waals surface area (Å²) in [5, 5.41) is 4.13. The van der Waals surface area contributed by atoms with E-state index in [0.29, 0.717) is 24.2 Å². The Labute approximate surface area is 166 Å². The van der Waals surface area contributed by atoms with Crippen molar-refractivity contribution in [2.24, 2.45) is 5.92 Å². The summed E-state index contributed by atoms with van der Waals surface area (Å²) < 4.78 is 16.7. The van der Waals surface area contributed by atoms with Crippen LogP contribution in [0.15, 0.2) is 53.1 Å². The maximum atomic E-state index is 5.73. The second-order valence-corrected chi connectivity index (χ2v) is 7.38. The molecule has 28 heavy (non-hydrogen) atoms. The number of methoxy groups -OCH3 is 1. The van der Waals surface area contributed by atoms with Crippen LogP contribution >= 0.6 is 0 Å². The largest absolute Gasteiger partial charge is 0.349 e. The molecule has 3 aromatic rings. The molecule has 0 aliphatic carbocycles. The molecule has 0 bridgehead atoms. The lowest BCUT2D eigenvalue weighted by Gasteiger charge is -2.28. The molecule has 1 unspecified atom stereocenters. The summed E-state index contributed by atoms with van der Waals surface area (Å²) in [5.41, 5.74) is 4.05. The predicted molar refractivity (Wildman–Crippen MR) is 110 cm³/mol. The molecule has 0 spiro atoms. The maximum absolute atomic E-state index is 5.73. The van der Waals surface area contributed by atoms with E-state index in [1.165, 1.54) is 5.56 Å². The standard InChI is InChI=1S/C23H28N2O3/c1-6-27-23(4,26-5)20-13-11-18(12-14-20)21-24-22(28-25-21)19-9-7-17(8-10-19)15-16(2)3/h7-14,16H,6,15H2,1-5H3. The van der Waals surface area contributed by atoms with E-state index in [4.69, 9.17) is 14.0 Å². The molecule has 5 heteroatoms. The molecule has 1 aromatic heterocycles. The molecule has 0 saturated heterocycles. The Hall–Kier alpha value is -2.50. The lowest BCUT2D eigenvalue weighted by Crippen LogP contribution is -2.28. The second-order valence-electron chi connectivity index (χ2n) is 7.38. The summed E-state index contributed by atoms with van der Waals surface area (Å²) in [6.45, 7) is 8.85. The third kappa shape index (κ3) is 4.49. The van der Waals surface area contributed by atoms with Crippen molar-refractivity contribution in [3.63, 3.8) is 0 Å². The Morgan fingerprint density at radius 1 is 1.00 bits per heavy atom. The van der Waals surface area contributed by atoms with Crippen LogP contribution in [0.1, 0.15) is 38.8 Å². The van der Waals surface area contributed by atoms with E-state index in [9.17, 15) is 0 Å². The van der Waals surface area contributed by atoms with E-state index < -0.39 is 5.79 Å². The van der Waals surface area contributed by atoms with Crippen molar-refractivity contribution in [3.05, 3.63) is 59.7 Å². The van der Waals surface area contributed by atoms with Gasteiger partial charge in [-0.2, -0.15) is 4.98 Å². The lowest BCUT2D eigenvalue weighted by molar-refractivity contribution is -0.216. The van der Waals surface area contributed by atoms with Crippen molar-refractivity contribution in [3.8, 4) is 22.8 Å². The molecule has 0 aliphatic heterocycles. The van der Waals surface area contributed by atoms with Gasteiger partial charge in [0.25, 0.3) is 5.89 Å². The third-order valence-corrected chi connectivity index (χ3v) is 4.75. The van der Waals surface area contributed by atoms with Gasteiger partial charge in [-0.1, -0.05) is 55.4 Å². The quantitative estimate of drug-likeness (QED) is 0.486. The van der Waals surface area contributed by atoms with Crippen molar-refractivity contribution in [1.82, 2.24) is 10.1 Å². The van der Waals surface area contributed by atoms with E-state index in [1.807, 2.05) is 50.2 Å². The number of ether oxygens (including phenoxy) is 2. The van der Waals surface area contributed by atoms with Gasteiger partial charge in [-0.15, -0.1) is 0 Å². The Kier molecular flexibility index (Phi) is 6.27. The van der Waals surface area contributed by atoms with E-state index >= 15 is 0 Å². The van der Waals surface area contributed by atoms with Crippen molar-refractivity contribution in [1.29, 1.82) is 0 Å². The highest BCUT2D eigenvalue weighted by Crippen LogP contribution is 2.29. The summed E-state index contributed by atoms with van der Waals surface area (Å²) >= 11 is 0. The zero-order chi connectivity index (χ0) is 20.1. The highest BCUT2D eigenvalue weighted by atomic mass is 16.7. The van der Waals surface area contributed by atoms with Crippen LogP contribution in [0.2, 0.25) is 0 Å². The van der Waals surface area contributed by atoms with Gasteiger partial charge in [-0.05, 0) is 43.9 Å². The SMILES string of the molecule is CCOC(C)(OC)c1ccc(-c2noc(-c3ccc(CC(C)C)cc3)n2)cc1. The van der Waals surface area contributed by atoms with E-state index in [0.717, 1.165) is 23.1 Å². The third-order valence-electron chi connectivity index (χ3n) is 4.75. The van der Waals surface area contributed by atoms with Crippen LogP contribution in [0.25, 0.3) is 22.8 Å². The van der Waals surface area contributed by atoms with Gasteiger partial charge >= 0.3 is 0 Å². The fraction of sp³-hybridized carbons (Fsp3) is 0.391. The minimum atomic E-state index is -0.770. The van der Waals surface area contributed by atoms with Gasteiger partial charge in [0.05, 0.1) is 0 Å². The molecule has 0 fully saturated rings.